The number of carbonyl (C=O) groups is 1. The molecule has 1 aromatic carbocycles. The Labute approximate surface area is 89.4 Å². The van der Waals surface area contributed by atoms with E-state index >= 15 is 0 Å². The number of esters is 1. The van der Waals surface area contributed by atoms with Gasteiger partial charge in [0.2, 0.25) is 0 Å². The number of benzene rings is 1. The summed E-state index contributed by atoms with van der Waals surface area (Å²) in [6.07, 6.45) is 1.06. The smallest absolute Gasteiger partial charge is 0.308 e. The lowest BCUT2D eigenvalue weighted by Crippen LogP contribution is -2.43. The van der Waals surface area contributed by atoms with E-state index < -0.39 is 0 Å². The minimum atomic E-state index is -0.266. The maximum atomic E-state index is 10.8. The molecule has 15 heavy (non-hydrogen) atoms. The Bertz CT molecular complexity index is 358. The second-order valence-electron chi connectivity index (χ2n) is 3.97. The molecule has 1 heterocycles. The van der Waals surface area contributed by atoms with Crippen molar-refractivity contribution in [3.63, 3.8) is 0 Å². The number of rotatable bonds is 3. The van der Waals surface area contributed by atoms with E-state index in [1.54, 1.807) is 0 Å². The van der Waals surface area contributed by atoms with E-state index in [1.165, 1.54) is 12.5 Å². The zero-order valence-electron chi connectivity index (χ0n) is 8.82. The van der Waals surface area contributed by atoms with Crippen LogP contribution in [0.4, 0.5) is 0 Å². The summed E-state index contributed by atoms with van der Waals surface area (Å²) in [5.74, 6) is 1.11. The highest BCUT2D eigenvalue weighted by Gasteiger charge is 2.16. The van der Waals surface area contributed by atoms with Gasteiger partial charge in [0.15, 0.2) is 0 Å². The number of hydrogen-bond donors (Lipinski definition) is 1. The van der Waals surface area contributed by atoms with Crippen LogP contribution < -0.4 is 10.1 Å². The third-order valence-electron chi connectivity index (χ3n) is 2.55. The van der Waals surface area contributed by atoms with Gasteiger partial charge in [-0.2, -0.15) is 0 Å². The lowest BCUT2D eigenvalue weighted by Gasteiger charge is -2.27. The van der Waals surface area contributed by atoms with Crippen LogP contribution in [-0.2, 0) is 11.2 Å². The van der Waals surface area contributed by atoms with Gasteiger partial charge in [0, 0.05) is 6.92 Å². The lowest BCUT2D eigenvalue weighted by atomic mass is 9.94. The van der Waals surface area contributed by atoms with Crippen LogP contribution in [0.15, 0.2) is 24.3 Å². The molecule has 1 aliphatic rings. The maximum absolute atomic E-state index is 10.8. The fourth-order valence-electron chi connectivity index (χ4n) is 1.73. The maximum Gasteiger partial charge on any atom is 0.308 e. The van der Waals surface area contributed by atoms with Gasteiger partial charge >= 0.3 is 5.97 Å². The largest absolute Gasteiger partial charge is 0.427 e. The van der Waals surface area contributed by atoms with Crippen molar-refractivity contribution in [1.29, 1.82) is 0 Å². The first-order chi connectivity index (χ1) is 7.24. The molecular formula is C12H15NO2. The first kappa shape index (κ1) is 10.2. The van der Waals surface area contributed by atoms with Crippen molar-refractivity contribution in [2.45, 2.75) is 13.3 Å². The molecule has 0 saturated carbocycles. The molecule has 0 bridgehead atoms. The first-order valence-electron chi connectivity index (χ1n) is 5.22. The minimum absolute atomic E-state index is 0.266. The summed E-state index contributed by atoms with van der Waals surface area (Å²) in [7, 11) is 0. The molecule has 0 atom stereocenters. The van der Waals surface area contributed by atoms with Crippen molar-refractivity contribution in [3.05, 3.63) is 29.8 Å². The van der Waals surface area contributed by atoms with Gasteiger partial charge in [0.05, 0.1) is 0 Å². The molecule has 3 nitrogen and oxygen atoms in total. The number of hydrogen-bond acceptors (Lipinski definition) is 3. The fraction of sp³-hybridized carbons (Fsp3) is 0.417. The second-order valence-corrected chi connectivity index (χ2v) is 3.97. The highest BCUT2D eigenvalue weighted by Crippen LogP contribution is 2.18. The van der Waals surface area contributed by atoms with Gasteiger partial charge < -0.3 is 10.1 Å². The summed E-state index contributed by atoms with van der Waals surface area (Å²) < 4.78 is 5.03. The Balaban J connectivity index is 2.00. The van der Waals surface area contributed by atoms with E-state index in [9.17, 15) is 4.79 Å². The molecule has 0 aromatic heterocycles. The molecule has 0 unspecified atom stereocenters. The van der Waals surface area contributed by atoms with Gasteiger partial charge in [-0.25, -0.2) is 0 Å². The molecule has 1 saturated heterocycles. The van der Waals surface area contributed by atoms with Crippen molar-refractivity contribution < 1.29 is 9.53 Å². The van der Waals surface area contributed by atoms with Crippen LogP contribution in [0.2, 0.25) is 0 Å². The van der Waals surface area contributed by atoms with Crippen molar-refractivity contribution in [3.8, 4) is 5.75 Å². The normalized spacial score (nSPS) is 15.8. The lowest BCUT2D eigenvalue weighted by molar-refractivity contribution is -0.131. The first-order valence-corrected chi connectivity index (χ1v) is 5.22. The van der Waals surface area contributed by atoms with Crippen molar-refractivity contribution >= 4 is 5.97 Å². The third kappa shape index (κ3) is 2.80. The van der Waals surface area contributed by atoms with E-state index in [0.717, 1.165) is 25.4 Å². The molecule has 3 heteroatoms. The molecule has 2 rings (SSSR count). The van der Waals surface area contributed by atoms with E-state index in [2.05, 4.69) is 11.4 Å². The second kappa shape index (κ2) is 4.45. The van der Waals surface area contributed by atoms with E-state index in [-0.39, 0.29) is 5.97 Å². The molecular weight excluding hydrogens is 190 g/mol. The molecule has 0 aliphatic carbocycles. The van der Waals surface area contributed by atoms with Crippen LogP contribution in [0.1, 0.15) is 12.5 Å². The summed E-state index contributed by atoms with van der Waals surface area (Å²) in [6, 6.07) is 7.76. The van der Waals surface area contributed by atoms with Crippen LogP contribution in [-0.4, -0.2) is 19.1 Å². The van der Waals surface area contributed by atoms with Gasteiger partial charge in [-0.3, -0.25) is 4.79 Å². The highest BCUT2D eigenvalue weighted by molar-refractivity contribution is 5.69. The van der Waals surface area contributed by atoms with Crippen LogP contribution >= 0.6 is 0 Å². The van der Waals surface area contributed by atoms with Crippen LogP contribution in [0, 0.1) is 5.92 Å². The monoisotopic (exact) mass is 205 g/mol. The Morgan fingerprint density at radius 3 is 2.93 bits per heavy atom. The molecule has 0 amide bonds. The van der Waals surface area contributed by atoms with Gasteiger partial charge in [0.1, 0.15) is 5.75 Å². The zero-order valence-corrected chi connectivity index (χ0v) is 8.82. The molecule has 1 fully saturated rings. The Morgan fingerprint density at radius 2 is 2.33 bits per heavy atom. The Kier molecular flexibility index (Phi) is 3.02. The average Bonchev–Trinajstić information content (AvgIpc) is 2.11. The summed E-state index contributed by atoms with van der Waals surface area (Å²) in [6.45, 7) is 3.61. The van der Waals surface area contributed by atoms with Gasteiger partial charge in [-0.05, 0) is 43.1 Å². The average molecular weight is 205 g/mol. The van der Waals surface area contributed by atoms with Crippen molar-refractivity contribution in [1.82, 2.24) is 5.32 Å². The predicted octanol–water partition coefficient (Wildman–Crippen LogP) is 1.37. The number of ether oxygens (including phenoxy) is 1. The van der Waals surface area contributed by atoms with Crippen LogP contribution in [0.5, 0.6) is 5.75 Å². The van der Waals surface area contributed by atoms with E-state index in [0.29, 0.717) is 5.75 Å². The summed E-state index contributed by atoms with van der Waals surface area (Å²) in [5.41, 5.74) is 1.24. The van der Waals surface area contributed by atoms with Crippen LogP contribution in [0.25, 0.3) is 0 Å². The number of carbonyl (C=O) groups excluding carboxylic acids is 1. The Morgan fingerprint density at radius 1 is 1.53 bits per heavy atom. The molecule has 1 aliphatic heterocycles. The highest BCUT2D eigenvalue weighted by atomic mass is 16.5. The Hall–Kier alpha value is -1.35. The number of nitrogens with one attached hydrogen (secondary N) is 1. The molecule has 80 valence electrons. The van der Waals surface area contributed by atoms with E-state index in [4.69, 9.17) is 4.74 Å². The van der Waals surface area contributed by atoms with Gasteiger partial charge in [0.25, 0.3) is 0 Å². The summed E-state index contributed by atoms with van der Waals surface area (Å²) in [4.78, 5) is 10.8. The summed E-state index contributed by atoms with van der Waals surface area (Å²) in [5, 5.41) is 3.24. The van der Waals surface area contributed by atoms with E-state index in [1.807, 2.05) is 18.2 Å². The molecule has 1 aromatic rings. The fourth-order valence-corrected chi connectivity index (χ4v) is 1.73. The van der Waals surface area contributed by atoms with Crippen LogP contribution in [0.3, 0.4) is 0 Å². The van der Waals surface area contributed by atoms with Crippen molar-refractivity contribution in [2.75, 3.05) is 13.1 Å². The zero-order chi connectivity index (χ0) is 10.7. The summed E-state index contributed by atoms with van der Waals surface area (Å²) >= 11 is 0. The predicted molar refractivity (Wildman–Crippen MR) is 57.8 cm³/mol. The third-order valence-corrected chi connectivity index (χ3v) is 2.55. The van der Waals surface area contributed by atoms with Gasteiger partial charge in [-0.15, -0.1) is 0 Å². The minimum Gasteiger partial charge on any atom is -0.427 e. The topological polar surface area (TPSA) is 38.3 Å². The SMILES string of the molecule is CC(=O)Oc1cccc(CC2CNC2)c1. The van der Waals surface area contributed by atoms with Gasteiger partial charge in [-0.1, -0.05) is 12.1 Å². The van der Waals surface area contributed by atoms with Crippen molar-refractivity contribution in [2.24, 2.45) is 5.92 Å². The standard InChI is InChI=1S/C12H15NO2/c1-9(14)15-12-4-2-3-10(6-12)5-11-7-13-8-11/h2-4,6,11,13H,5,7-8H2,1H3. The molecule has 0 radical (unpaired) electrons. The molecule has 1 N–H and O–H groups in total. The molecule has 0 spiro atoms. The quantitative estimate of drug-likeness (QED) is 0.598.